The summed E-state index contributed by atoms with van der Waals surface area (Å²) in [5.74, 6) is -1.57. The maximum absolute atomic E-state index is 13.3. The van der Waals surface area contributed by atoms with Crippen LogP contribution in [0.2, 0.25) is 0 Å². The fraction of sp³-hybridized carbons (Fsp3) is 0.364. The van der Waals surface area contributed by atoms with Crippen LogP contribution in [0.3, 0.4) is 0 Å². The molecule has 0 unspecified atom stereocenters. The Labute approximate surface area is 97.0 Å². The molecule has 1 aromatic rings. The van der Waals surface area contributed by atoms with Crippen LogP contribution >= 0.6 is 11.8 Å². The Balaban J connectivity index is 2.95. The van der Waals surface area contributed by atoms with Gasteiger partial charge in [-0.05, 0) is 32.0 Å². The minimum atomic E-state index is -0.955. The highest BCUT2D eigenvalue weighted by atomic mass is 32.2. The molecule has 1 aromatic carbocycles. The molecule has 1 rings (SSSR count). The SMILES string of the molecule is COC(=O)C(C)(C)Sc1cc(F)ccc1F. The van der Waals surface area contributed by atoms with Gasteiger partial charge in [-0.15, -0.1) is 11.8 Å². The molecule has 0 aliphatic heterocycles. The van der Waals surface area contributed by atoms with Crippen LogP contribution in [-0.2, 0) is 9.53 Å². The number of thioether (sulfide) groups is 1. The summed E-state index contributed by atoms with van der Waals surface area (Å²) >= 11 is 0.930. The molecule has 0 saturated heterocycles. The molecule has 0 aromatic heterocycles. The zero-order valence-electron chi connectivity index (χ0n) is 9.21. The fourth-order valence-corrected chi connectivity index (χ4v) is 2.17. The monoisotopic (exact) mass is 246 g/mol. The third kappa shape index (κ3) is 2.95. The number of ether oxygens (including phenoxy) is 1. The number of benzene rings is 1. The first-order valence-electron chi connectivity index (χ1n) is 4.59. The van der Waals surface area contributed by atoms with E-state index in [1.54, 1.807) is 13.8 Å². The van der Waals surface area contributed by atoms with Crippen LogP contribution < -0.4 is 0 Å². The fourth-order valence-electron chi connectivity index (χ4n) is 1.12. The Morgan fingerprint density at radius 2 is 2.00 bits per heavy atom. The Morgan fingerprint density at radius 3 is 2.56 bits per heavy atom. The number of halogens is 2. The van der Waals surface area contributed by atoms with Crippen molar-refractivity contribution in [2.24, 2.45) is 0 Å². The molecule has 0 atom stereocenters. The quantitative estimate of drug-likeness (QED) is 0.605. The highest BCUT2D eigenvalue weighted by Crippen LogP contribution is 2.35. The smallest absolute Gasteiger partial charge is 0.321 e. The number of hydrogen-bond acceptors (Lipinski definition) is 3. The van der Waals surface area contributed by atoms with Gasteiger partial charge in [-0.25, -0.2) is 8.78 Å². The van der Waals surface area contributed by atoms with E-state index in [1.807, 2.05) is 0 Å². The van der Waals surface area contributed by atoms with Crippen LogP contribution in [0.4, 0.5) is 8.78 Å². The lowest BCUT2D eigenvalue weighted by molar-refractivity contribution is -0.142. The molecule has 16 heavy (non-hydrogen) atoms. The van der Waals surface area contributed by atoms with E-state index in [1.165, 1.54) is 7.11 Å². The van der Waals surface area contributed by atoms with Crippen molar-refractivity contribution >= 4 is 17.7 Å². The molecule has 0 bridgehead atoms. The second-order valence-corrected chi connectivity index (χ2v) is 5.34. The first-order valence-corrected chi connectivity index (χ1v) is 5.41. The van der Waals surface area contributed by atoms with Gasteiger partial charge in [0.2, 0.25) is 0 Å². The normalized spacial score (nSPS) is 11.3. The minimum Gasteiger partial charge on any atom is -0.468 e. The van der Waals surface area contributed by atoms with Gasteiger partial charge in [0.25, 0.3) is 0 Å². The van der Waals surface area contributed by atoms with Gasteiger partial charge in [0.05, 0.1) is 7.11 Å². The second-order valence-electron chi connectivity index (χ2n) is 3.68. The second kappa shape index (κ2) is 4.82. The Hall–Kier alpha value is -1.10. The Morgan fingerprint density at radius 1 is 1.38 bits per heavy atom. The number of carbonyl (C=O) groups is 1. The van der Waals surface area contributed by atoms with Crippen LogP contribution in [0, 0.1) is 11.6 Å². The molecule has 0 spiro atoms. The number of hydrogen-bond donors (Lipinski definition) is 0. The molecule has 5 heteroatoms. The summed E-state index contributed by atoms with van der Waals surface area (Å²) in [6.07, 6.45) is 0. The molecule has 0 aliphatic carbocycles. The predicted octanol–water partition coefficient (Wildman–Crippen LogP) is 3.01. The first kappa shape index (κ1) is 13.0. The number of esters is 1. The highest BCUT2D eigenvalue weighted by molar-refractivity contribution is 8.01. The van der Waals surface area contributed by atoms with E-state index in [0.717, 1.165) is 30.0 Å². The molecule has 0 amide bonds. The zero-order chi connectivity index (χ0) is 12.3. The van der Waals surface area contributed by atoms with Crippen LogP contribution in [0.1, 0.15) is 13.8 Å². The molecule has 0 heterocycles. The summed E-state index contributed by atoms with van der Waals surface area (Å²) in [6, 6.07) is 3.13. The summed E-state index contributed by atoms with van der Waals surface area (Å²) in [5.41, 5.74) is 0. The molecule has 2 nitrogen and oxygen atoms in total. The average Bonchev–Trinajstić information content (AvgIpc) is 2.22. The van der Waals surface area contributed by atoms with Crippen LogP contribution in [0.25, 0.3) is 0 Å². The van der Waals surface area contributed by atoms with E-state index in [9.17, 15) is 13.6 Å². The standard InChI is InChI=1S/C11H12F2O2S/c1-11(2,10(14)15-3)16-9-6-7(12)4-5-8(9)13/h4-6H,1-3H3. The van der Waals surface area contributed by atoms with E-state index in [0.29, 0.717) is 0 Å². The summed E-state index contributed by atoms with van der Waals surface area (Å²) in [4.78, 5) is 11.5. The van der Waals surface area contributed by atoms with E-state index in [4.69, 9.17) is 0 Å². The predicted molar refractivity (Wildman–Crippen MR) is 58.3 cm³/mol. The van der Waals surface area contributed by atoms with Gasteiger partial charge in [0, 0.05) is 4.90 Å². The van der Waals surface area contributed by atoms with E-state index < -0.39 is 22.4 Å². The maximum atomic E-state index is 13.3. The summed E-state index contributed by atoms with van der Waals surface area (Å²) < 4.78 is 29.9. The van der Waals surface area contributed by atoms with Crippen LogP contribution in [0.15, 0.2) is 23.1 Å². The van der Waals surface area contributed by atoms with E-state index in [-0.39, 0.29) is 4.90 Å². The molecule has 0 N–H and O–H groups in total. The number of rotatable bonds is 3. The van der Waals surface area contributed by atoms with Gasteiger partial charge in [-0.1, -0.05) is 0 Å². The molecule has 0 aliphatic rings. The topological polar surface area (TPSA) is 26.3 Å². The summed E-state index contributed by atoms with van der Waals surface area (Å²) in [6.45, 7) is 3.18. The lowest BCUT2D eigenvalue weighted by Gasteiger charge is -2.20. The van der Waals surface area contributed by atoms with Crippen LogP contribution in [-0.4, -0.2) is 17.8 Å². The number of carbonyl (C=O) groups excluding carboxylic acids is 1. The highest BCUT2D eigenvalue weighted by Gasteiger charge is 2.31. The summed E-state index contributed by atoms with van der Waals surface area (Å²) in [7, 11) is 1.26. The van der Waals surface area contributed by atoms with Gasteiger partial charge in [-0.3, -0.25) is 4.79 Å². The lowest BCUT2D eigenvalue weighted by atomic mass is 10.2. The maximum Gasteiger partial charge on any atom is 0.321 e. The van der Waals surface area contributed by atoms with Crippen molar-refractivity contribution in [2.75, 3.05) is 7.11 Å². The van der Waals surface area contributed by atoms with Crippen molar-refractivity contribution in [3.8, 4) is 0 Å². The Bertz CT molecular complexity index is 405. The molecular formula is C11H12F2O2S. The van der Waals surface area contributed by atoms with Crippen molar-refractivity contribution in [3.05, 3.63) is 29.8 Å². The summed E-state index contributed by atoms with van der Waals surface area (Å²) in [5, 5.41) is 0. The lowest BCUT2D eigenvalue weighted by Crippen LogP contribution is -2.29. The Kier molecular flexibility index (Phi) is 3.91. The molecule has 0 radical (unpaired) electrons. The zero-order valence-corrected chi connectivity index (χ0v) is 10.0. The molecular weight excluding hydrogens is 234 g/mol. The molecule has 88 valence electrons. The van der Waals surface area contributed by atoms with Crippen molar-refractivity contribution in [1.29, 1.82) is 0 Å². The van der Waals surface area contributed by atoms with Crippen LogP contribution in [0.5, 0.6) is 0 Å². The van der Waals surface area contributed by atoms with Gasteiger partial charge >= 0.3 is 5.97 Å². The molecule has 0 fully saturated rings. The van der Waals surface area contributed by atoms with Gasteiger partial charge in [-0.2, -0.15) is 0 Å². The van der Waals surface area contributed by atoms with Gasteiger partial charge < -0.3 is 4.74 Å². The third-order valence-corrected chi connectivity index (χ3v) is 3.15. The van der Waals surface area contributed by atoms with E-state index in [2.05, 4.69) is 4.74 Å². The average molecular weight is 246 g/mol. The minimum absolute atomic E-state index is 0.0930. The van der Waals surface area contributed by atoms with Crippen molar-refractivity contribution < 1.29 is 18.3 Å². The van der Waals surface area contributed by atoms with Gasteiger partial charge in [0.1, 0.15) is 16.4 Å². The number of methoxy groups -OCH3 is 1. The van der Waals surface area contributed by atoms with Crippen molar-refractivity contribution in [1.82, 2.24) is 0 Å². The first-order chi connectivity index (χ1) is 7.36. The molecule has 0 saturated carbocycles. The van der Waals surface area contributed by atoms with Crippen molar-refractivity contribution in [2.45, 2.75) is 23.5 Å². The van der Waals surface area contributed by atoms with Crippen molar-refractivity contribution in [3.63, 3.8) is 0 Å². The largest absolute Gasteiger partial charge is 0.468 e. The third-order valence-electron chi connectivity index (χ3n) is 1.94. The van der Waals surface area contributed by atoms with E-state index >= 15 is 0 Å². The van der Waals surface area contributed by atoms with Gasteiger partial charge in [0.15, 0.2) is 0 Å².